The zero-order chi connectivity index (χ0) is 13.1. The Morgan fingerprint density at radius 1 is 1.33 bits per heavy atom. The van der Waals surface area contributed by atoms with Crippen molar-refractivity contribution in [2.45, 2.75) is 6.54 Å². The number of ether oxygens (including phenoxy) is 1. The average Bonchev–Trinajstić information content (AvgIpc) is 2.79. The Kier molecular flexibility index (Phi) is 3.47. The van der Waals surface area contributed by atoms with Crippen LogP contribution in [-0.2, 0) is 11.3 Å². The summed E-state index contributed by atoms with van der Waals surface area (Å²) in [6, 6.07) is 1.87. The molecule has 96 valence electrons. The lowest BCUT2D eigenvalue weighted by molar-refractivity contribution is 0.183. The summed E-state index contributed by atoms with van der Waals surface area (Å²) in [6.45, 7) is 0.777. The summed E-state index contributed by atoms with van der Waals surface area (Å²) >= 11 is 0. The van der Waals surface area contributed by atoms with E-state index in [1.807, 2.05) is 0 Å². The highest BCUT2D eigenvalue weighted by Gasteiger charge is 2.15. The molecule has 0 bridgehead atoms. The summed E-state index contributed by atoms with van der Waals surface area (Å²) in [4.78, 5) is 0. The fourth-order valence-corrected chi connectivity index (χ4v) is 1.48. The molecule has 2 N–H and O–H groups in total. The Bertz CT molecular complexity index is 557. The standard InChI is InChI=1S/C10H11F2N5O/c1-18-3-2-17-10(14-15-16-17)6-4-7(11)8(12)5-9(6)13/h4-5H,2-3,13H2,1H3. The highest BCUT2D eigenvalue weighted by molar-refractivity contribution is 5.71. The van der Waals surface area contributed by atoms with Gasteiger partial charge in [0.1, 0.15) is 0 Å². The molecule has 0 fully saturated rings. The van der Waals surface area contributed by atoms with E-state index in [0.29, 0.717) is 13.2 Å². The van der Waals surface area contributed by atoms with Gasteiger partial charge in [0.25, 0.3) is 0 Å². The number of nitrogens with two attached hydrogens (primary N) is 1. The maximum Gasteiger partial charge on any atom is 0.184 e. The largest absolute Gasteiger partial charge is 0.398 e. The van der Waals surface area contributed by atoms with E-state index in [1.54, 1.807) is 0 Å². The number of benzene rings is 1. The Hall–Kier alpha value is -2.09. The minimum atomic E-state index is -1.01. The lowest BCUT2D eigenvalue weighted by Crippen LogP contribution is -2.09. The molecular formula is C10H11F2N5O. The van der Waals surface area contributed by atoms with Crippen LogP contribution < -0.4 is 5.73 Å². The molecule has 0 unspecified atom stereocenters. The second-order valence-electron chi connectivity index (χ2n) is 3.57. The molecule has 1 heterocycles. The number of tetrazole rings is 1. The molecule has 0 saturated heterocycles. The maximum absolute atomic E-state index is 13.2. The first-order valence-corrected chi connectivity index (χ1v) is 5.13. The highest BCUT2D eigenvalue weighted by Crippen LogP contribution is 2.25. The van der Waals surface area contributed by atoms with Gasteiger partial charge in [0.05, 0.1) is 13.2 Å². The number of rotatable bonds is 4. The van der Waals surface area contributed by atoms with Crippen LogP contribution in [0, 0.1) is 11.6 Å². The Balaban J connectivity index is 2.42. The Labute approximate surface area is 101 Å². The van der Waals surface area contributed by atoms with E-state index in [4.69, 9.17) is 10.5 Å². The van der Waals surface area contributed by atoms with Crippen molar-refractivity contribution in [3.8, 4) is 11.4 Å². The van der Waals surface area contributed by atoms with Crippen molar-refractivity contribution in [3.05, 3.63) is 23.8 Å². The maximum atomic E-state index is 13.2. The predicted octanol–water partition coefficient (Wildman–Crippen LogP) is 0.847. The topological polar surface area (TPSA) is 78.8 Å². The van der Waals surface area contributed by atoms with Crippen LogP contribution in [0.5, 0.6) is 0 Å². The number of aromatic nitrogens is 4. The molecule has 0 atom stereocenters. The van der Waals surface area contributed by atoms with Gasteiger partial charge in [-0.25, -0.2) is 13.5 Å². The smallest absolute Gasteiger partial charge is 0.184 e. The number of nitrogens with zero attached hydrogens (tertiary/aromatic N) is 4. The van der Waals surface area contributed by atoms with Gasteiger partial charge >= 0.3 is 0 Å². The minimum Gasteiger partial charge on any atom is -0.398 e. The minimum absolute atomic E-state index is 0.0716. The van der Waals surface area contributed by atoms with Crippen molar-refractivity contribution in [3.63, 3.8) is 0 Å². The van der Waals surface area contributed by atoms with Crippen LogP contribution in [0.3, 0.4) is 0 Å². The van der Waals surface area contributed by atoms with Crippen LogP contribution in [0.1, 0.15) is 0 Å². The van der Waals surface area contributed by atoms with Crippen molar-refractivity contribution in [1.29, 1.82) is 0 Å². The molecule has 0 aliphatic carbocycles. The zero-order valence-corrected chi connectivity index (χ0v) is 9.60. The van der Waals surface area contributed by atoms with Crippen molar-refractivity contribution in [2.75, 3.05) is 19.5 Å². The zero-order valence-electron chi connectivity index (χ0n) is 9.60. The van der Waals surface area contributed by atoms with Gasteiger partial charge in [0, 0.05) is 24.4 Å². The van der Waals surface area contributed by atoms with E-state index < -0.39 is 11.6 Å². The van der Waals surface area contributed by atoms with Gasteiger partial charge in [0.2, 0.25) is 0 Å². The summed E-state index contributed by atoms with van der Waals surface area (Å²) in [5, 5.41) is 11.0. The second-order valence-corrected chi connectivity index (χ2v) is 3.57. The molecule has 0 saturated carbocycles. The lowest BCUT2D eigenvalue weighted by Gasteiger charge is -2.07. The van der Waals surface area contributed by atoms with Gasteiger partial charge < -0.3 is 10.5 Å². The molecule has 0 amide bonds. The van der Waals surface area contributed by atoms with Crippen LogP contribution in [0.25, 0.3) is 11.4 Å². The average molecular weight is 255 g/mol. The van der Waals surface area contributed by atoms with E-state index >= 15 is 0 Å². The first-order valence-electron chi connectivity index (χ1n) is 5.13. The monoisotopic (exact) mass is 255 g/mol. The fourth-order valence-electron chi connectivity index (χ4n) is 1.48. The SMILES string of the molecule is COCCn1nnnc1-c1cc(F)c(F)cc1N. The van der Waals surface area contributed by atoms with Crippen LogP contribution in [0.15, 0.2) is 12.1 Å². The van der Waals surface area contributed by atoms with Gasteiger partial charge in [-0.05, 0) is 16.5 Å². The first kappa shape index (κ1) is 12.4. The van der Waals surface area contributed by atoms with Gasteiger partial charge in [-0.3, -0.25) is 0 Å². The van der Waals surface area contributed by atoms with E-state index in [1.165, 1.54) is 11.8 Å². The highest BCUT2D eigenvalue weighted by atomic mass is 19.2. The number of hydrogen-bond acceptors (Lipinski definition) is 5. The van der Waals surface area contributed by atoms with Gasteiger partial charge in [-0.1, -0.05) is 0 Å². The third-order valence-electron chi connectivity index (χ3n) is 2.37. The van der Waals surface area contributed by atoms with Crippen molar-refractivity contribution >= 4 is 5.69 Å². The molecule has 2 rings (SSSR count). The lowest BCUT2D eigenvalue weighted by atomic mass is 10.1. The van der Waals surface area contributed by atoms with E-state index in [0.717, 1.165) is 12.1 Å². The Morgan fingerprint density at radius 2 is 2.06 bits per heavy atom. The quantitative estimate of drug-likeness (QED) is 0.819. The molecule has 6 nitrogen and oxygen atoms in total. The third kappa shape index (κ3) is 2.28. The Morgan fingerprint density at radius 3 is 2.78 bits per heavy atom. The van der Waals surface area contributed by atoms with Crippen molar-refractivity contribution < 1.29 is 13.5 Å². The van der Waals surface area contributed by atoms with Crippen LogP contribution in [0.4, 0.5) is 14.5 Å². The summed E-state index contributed by atoms with van der Waals surface area (Å²) in [5.41, 5.74) is 5.95. The van der Waals surface area contributed by atoms with E-state index in [9.17, 15) is 8.78 Å². The second kappa shape index (κ2) is 5.05. The first-order chi connectivity index (χ1) is 8.63. The van der Waals surface area contributed by atoms with Gasteiger partial charge in [0.15, 0.2) is 17.5 Å². The summed E-state index contributed by atoms with van der Waals surface area (Å²) < 4.78 is 32.5. The molecule has 1 aromatic heterocycles. The van der Waals surface area contributed by atoms with Crippen LogP contribution in [0.2, 0.25) is 0 Å². The van der Waals surface area contributed by atoms with Gasteiger partial charge in [-0.2, -0.15) is 0 Å². The predicted molar refractivity (Wildman–Crippen MR) is 59.5 cm³/mol. The number of halogens is 2. The number of methoxy groups -OCH3 is 1. The fraction of sp³-hybridized carbons (Fsp3) is 0.300. The molecule has 18 heavy (non-hydrogen) atoms. The van der Waals surface area contributed by atoms with Crippen molar-refractivity contribution in [1.82, 2.24) is 20.2 Å². The molecule has 1 aromatic carbocycles. The number of nitrogen functional groups attached to an aromatic ring is 1. The molecule has 8 heteroatoms. The number of anilines is 1. The molecule has 2 aromatic rings. The molecular weight excluding hydrogens is 244 g/mol. The summed E-state index contributed by atoms with van der Waals surface area (Å²) in [7, 11) is 1.54. The molecule has 0 radical (unpaired) electrons. The van der Waals surface area contributed by atoms with E-state index in [-0.39, 0.29) is 17.1 Å². The normalized spacial score (nSPS) is 10.8. The van der Waals surface area contributed by atoms with E-state index in [2.05, 4.69) is 15.5 Å². The molecule has 0 spiro atoms. The van der Waals surface area contributed by atoms with Gasteiger partial charge in [-0.15, -0.1) is 5.10 Å². The third-order valence-corrected chi connectivity index (χ3v) is 2.37. The van der Waals surface area contributed by atoms with Crippen LogP contribution >= 0.6 is 0 Å². The number of hydrogen-bond donors (Lipinski definition) is 1. The molecule has 0 aliphatic rings. The summed E-state index contributed by atoms with van der Waals surface area (Å²) in [6.07, 6.45) is 0. The molecule has 0 aliphatic heterocycles. The van der Waals surface area contributed by atoms with Crippen molar-refractivity contribution in [2.24, 2.45) is 0 Å². The van der Waals surface area contributed by atoms with Crippen LogP contribution in [-0.4, -0.2) is 33.9 Å². The summed E-state index contributed by atoms with van der Waals surface area (Å²) in [5.74, 6) is -1.74.